The molecule has 0 unspecified atom stereocenters. The highest BCUT2D eigenvalue weighted by Gasteiger charge is 2.13. The molecule has 0 aliphatic rings. The van der Waals surface area contributed by atoms with E-state index in [0.29, 0.717) is 28.5 Å². The molecule has 1 heterocycles. The van der Waals surface area contributed by atoms with E-state index in [1.165, 1.54) is 15.9 Å². The van der Waals surface area contributed by atoms with Gasteiger partial charge < -0.3 is 19.4 Å². The highest BCUT2D eigenvalue weighted by atomic mass is 35.5. The first-order valence-electron chi connectivity index (χ1n) is 8.38. The van der Waals surface area contributed by atoms with Crippen molar-refractivity contribution in [3.8, 4) is 0 Å². The molecule has 8 nitrogen and oxygen atoms in total. The maximum atomic E-state index is 12.1. The third kappa shape index (κ3) is 5.95. The van der Waals surface area contributed by atoms with Gasteiger partial charge in [-0.15, -0.1) is 0 Å². The van der Waals surface area contributed by atoms with Crippen LogP contribution in [0.4, 0.5) is 0 Å². The summed E-state index contributed by atoms with van der Waals surface area (Å²) in [6.07, 6.45) is 3.79. The molecule has 0 atom stereocenters. The second-order valence-corrected chi connectivity index (χ2v) is 6.54. The second-order valence-electron chi connectivity index (χ2n) is 6.10. The molecule has 0 bridgehead atoms. The van der Waals surface area contributed by atoms with Crippen molar-refractivity contribution in [1.82, 2.24) is 19.9 Å². The SMILES string of the molecule is C/C(=C/C(=O)N(C)Cc1nc(CC=C(O)c2ccc(Cl)cc2)no1)N(C)C=O. The number of hydrogen-bond acceptors (Lipinski definition) is 6. The third-order valence-corrected chi connectivity index (χ3v) is 4.18. The maximum absolute atomic E-state index is 12.1. The summed E-state index contributed by atoms with van der Waals surface area (Å²) >= 11 is 5.82. The molecular weight excluding hydrogens is 384 g/mol. The van der Waals surface area contributed by atoms with E-state index in [1.54, 1.807) is 51.4 Å². The van der Waals surface area contributed by atoms with Gasteiger partial charge >= 0.3 is 0 Å². The zero-order valence-corrected chi connectivity index (χ0v) is 16.6. The molecule has 9 heteroatoms. The molecular formula is C19H21ClN4O4. The number of aliphatic hydroxyl groups is 1. The summed E-state index contributed by atoms with van der Waals surface area (Å²) in [5.41, 5.74) is 1.14. The predicted molar refractivity (Wildman–Crippen MR) is 104 cm³/mol. The first kappa shape index (κ1) is 21.2. The van der Waals surface area contributed by atoms with Gasteiger partial charge in [-0.1, -0.05) is 16.8 Å². The van der Waals surface area contributed by atoms with Crippen molar-refractivity contribution in [2.45, 2.75) is 19.9 Å². The van der Waals surface area contributed by atoms with Crippen molar-refractivity contribution in [3.63, 3.8) is 0 Å². The molecule has 0 saturated heterocycles. The average molecular weight is 405 g/mol. The predicted octanol–water partition coefficient (Wildman–Crippen LogP) is 2.82. The van der Waals surface area contributed by atoms with Crippen LogP contribution in [0.1, 0.15) is 24.2 Å². The van der Waals surface area contributed by atoms with E-state index in [2.05, 4.69) is 10.1 Å². The fourth-order valence-corrected chi connectivity index (χ4v) is 2.24. The topological polar surface area (TPSA) is 99.8 Å². The Bertz CT molecular complexity index is 890. The zero-order valence-electron chi connectivity index (χ0n) is 15.8. The van der Waals surface area contributed by atoms with Gasteiger partial charge in [0.25, 0.3) is 0 Å². The first-order valence-corrected chi connectivity index (χ1v) is 8.76. The molecule has 0 aliphatic carbocycles. The van der Waals surface area contributed by atoms with E-state index in [-0.39, 0.29) is 30.5 Å². The number of benzene rings is 1. The van der Waals surface area contributed by atoms with Crippen LogP contribution in [-0.4, -0.2) is 51.5 Å². The number of hydrogen-bond donors (Lipinski definition) is 1. The van der Waals surface area contributed by atoms with Gasteiger partial charge in [-0.05, 0) is 37.3 Å². The molecule has 2 amide bonds. The first-order chi connectivity index (χ1) is 13.3. The Morgan fingerprint density at radius 1 is 1.29 bits per heavy atom. The van der Waals surface area contributed by atoms with Crippen LogP contribution in [0.2, 0.25) is 5.02 Å². The Hall–Kier alpha value is -3.13. The smallest absolute Gasteiger partial charge is 0.248 e. The summed E-state index contributed by atoms with van der Waals surface area (Å²) in [5, 5.41) is 14.5. The Morgan fingerprint density at radius 2 is 1.96 bits per heavy atom. The van der Waals surface area contributed by atoms with Crippen LogP contribution in [0.5, 0.6) is 0 Å². The largest absolute Gasteiger partial charge is 0.508 e. The number of aliphatic hydroxyl groups excluding tert-OH is 1. The second kappa shape index (κ2) is 9.70. The van der Waals surface area contributed by atoms with Crippen molar-refractivity contribution in [3.05, 3.63) is 64.4 Å². The Labute approximate surface area is 167 Å². The maximum Gasteiger partial charge on any atom is 0.248 e. The van der Waals surface area contributed by atoms with Gasteiger partial charge in [0.1, 0.15) is 5.76 Å². The van der Waals surface area contributed by atoms with Crippen molar-refractivity contribution < 1.29 is 19.2 Å². The van der Waals surface area contributed by atoms with Crippen LogP contribution in [0, 0.1) is 0 Å². The number of halogens is 1. The summed E-state index contributed by atoms with van der Waals surface area (Å²) in [4.78, 5) is 29.7. The minimum absolute atomic E-state index is 0.0789. The average Bonchev–Trinajstić information content (AvgIpc) is 3.13. The van der Waals surface area contributed by atoms with E-state index < -0.39 is 0 Å². The molecule has 0 spiro atoms. The van der Waals surface area contributed by atoms with Crippen LogP contribution >= 0.6 is 11.6 Å². The van der Waals surface area contributed by atoms with Gasteiger partial charge in [0.05, 0.1) is 6.54 Å². The lowest BCUT2D eigenvalue weighted by Gasteiger charge is -2.15. The number of likely N-dealkylation sites (N-methyl/N-ethyl adjacent to an activating group) is 1. The lowest BCUT2D eigenvalue weighted by molar-refractivity contribution is -0.125. The van der Waals surface area contributed by atoms with Gasteiger partial charge in [0, 0.05) is 42.9 Å². The lowest BCUT2D eigenvalue weighted by Crippen LogP contribution is -2.26. The number of carbonyl (C=O) groups excluding carboxylic acids is 2. The van der Waals surface area contributed by atoms with E-state index in [9.17, 15) is 14.7 Å². The van der Waals surface area contributed by atoms with Gasteiger partial charge in [0.2, 0.25) is 18.2 Å². The number of aromatic nitrogens is 2. The zero-order chi connectivity index (χ0) is 20.7. The summed E-state index contributed by atoms with van der Waals surface area (Å²) in [5.74, 6) is 0.422. The van der Waals surface area contributed by atoms with E-state index in [0.717, 1.165) is 0 Å². The van der Waals surface area contributed by atoms with Gasteiger partial charge in [-0.2, -0.15) is 4.98 Å². The molecule has 1 N–H and O–H groups in total. The van der Waals surface area contributed by atoms with Crippen molar-refractivity contribution in [1.29, 1.82) is 0 Å². The summed E-state index contributed by atoms with van der Waals surface area (Å²) in [6, 6.07) is 6.77. The standard InChI is InChI=1S/C19H21ClN4O4/c1-13(24(3)12-25)10-19(27)23(2)11-18-21-17(22-28-18)9-8-16(26)14-4-6-15(20)7-5-14/h4-8,10,12,26H,9,11H2,1-3H3/b13-10-,16-8?. The van der Waals surface area contributed by atoms with Crippen LogP contribution in [0.15, 0.2) is 46.6 Å². The minimum atomic E-state index is -0.300. The molecule has 0 fully saturated rings. The highest BCUT2D eigenvalue weighted by molar-refractivity contribution is 6.30. The third-order valence-electron chi connectivity index (χ3n) is 3.92. The summed E-state index contributed by atoms with van der Waals surface area (Å²) in [6.45, 7) is 1.78. The number of amides is 2. The lowest BCUT2D eigenvalue weighted by atomic mass is 10.1. The minimum Gasteiger partial charge on any atom is -0.508 e. The normalized spacial score (nSPS) is 12.0. The fraction of sp³-hybridized carbons (Fsp3) is 0.263. The molecule has 2 aromatic rings. The van der Waals surface area contributed by atoms with Crippen molar-refractivity contribution in [2.75, 3.05) is 14.1 Å². The number of nitrogens with zero attached hydrogens (tertiary/aromatic N) is 4. The van der Waals surface area contributed by atoms with E-state index in [4.69, 9.17) is 16.1 Å². The molecule has 1 aromatic heterocycles. The summed E-state index contributed by atoms with van der Waals surface area (Å²) in [7, 11) is 3.15. The Balaban J connectivity index is 1.96. The highest BCUT2D eigenvalue weighted by Crippen LogP contribution is 2.16. The van der Waals surface area contributed by atoms with Gasteiger partial charge in [-0.25, -0.2) is 0 Å². The van der Waals surface area contributed by atoms with Gasteiger partial charge in [-0.3, -0.25) is 9.59 Å². The van der Waals surface area contributed by atoms with Crippen LogP contribution < -0.4 is 0 Å². The monoisotopic (exact) mass is 404 g/mol. The number of carbonyl (C=O) groups is 2. The molecule has 0 aliphatic heterocycles. The quantitative estimate of drug-likeness (QED) is 0.412. The molecule has 1 aromatic carbocycles. The van der Waals surface area contributed by atoms with Crippen LogP contribution in [0.25, 0.3) is 5.76 Å². The number of rotatable bonds is 8. The van der Waals surface area contributed by atoms with E-state index >= 15 is 0 Å². The Morgan fingerprint density at radius 3 is 2.61 bits per heavy atom. The number of allylic oxidation sites excluding steroid dienone is 2. The van der Waals surface area contributed by atoms with Crippen LogP contribution in [0.3, 0.4) is 0 Å². The van der Waals surface area contributed by atoms with E-state index in [1.807, 2.05) is 0 Å². The van der Waals surface area contributed by atoms with Crippen molar-refractivity contribution in [2.24, 2.45) is 0 Å². The van der Waals surface area contributed by atoms with Crippen LogP contribution in [-0.2, 0) is 22.6 Å². The molecule has 2 rings (SSSR count). The summed E-state index contributed by atoms with van der Waals surface area (Å²) < 4.78 is 5.14. The molecule has 0 radical (unpaired) electrons. The molecule has 0 saturated carbocycles. The molecule has 148 valence electrons. The fourth-order valence-electron chi connectivity index (χ4n) is 2.12. The molecule has 28 heavy (non-hydrogen) atoms. The van der Waals surface area contributed by atoms with Gasteiger partial charge in [0.15, 0.2) is 5.82 Å². The van der Waals surface area contributed by atoms with Crippen molar-refractivity contribution >= 4 is 29.7 Å². The Kier molecular flexibility index (Phi) is 7.34.